The van der Waals surface area contributed by atoms with Gasteiger partial charge in [0.15, 0.2) is 11.6 Å². The molecule has 3 nitrogen and oxygen atoms in total. The van der Waals surface area contributed by atoms with E-state index in [9.17, 15) is 0 Å². The van der Waals surface area contributed by atoms with E-state index in [2.05, 4.69) is 129 Å². The fraction of sp³-hybridized carbons (Fsp3) is 0.0930. The van der Waals surface area contributed by atoms with Crippen LogP contribution in [-0.2, 0) is 5.41 Å². The topological polar surface area (TPSA) is 38.7 Å². The van der Waals surface area contributed by atoms with Crippen LogP contribution in [0.1, 0.15) is 47.8 Å². The molecule has 6 aromatic carbocycles. The standard InChI is InChI=1S/C43H29N3S/c1-43(2)35-18-10-8-15-28(35)29-21-20-26(22-36(29)43)41-44-40(25-12-4-3-5-13-25)45-42(46-41)39-31-17-7-6-14-27(31)32-23-33-30-16-9-11-19-37(30)47-38(33)24-34(32)39/h3-24,39H,1-2H3. The Morgan fingerprint density at radius 3 is 2.06 bits per heavy atom. The Labute approximate surface area is 277 Å². The molecule has 2 heterocycles. The molecule has 0 spiro atoms. The van der Waals surface area contributed by atoms with Gasteiger partial charge in [-0.3, -0.25) is 0 Å². The van der Waals surface area contributed by atoms with Gasteiger partial charge in [0.25, 0.3) is 0 Å². The molecule has 0 amide bonds. The molecule has 10 rings (SSSR count). The van der Waals surface area contributed by atoms with E-state index in [1.165, 1.54) is 64.7 Å². The second-order valence-corrected chi connectivity index (χ2v) is 14.3. The number of benzene rings is 6. The molecule has 2 aliphatic rings. The Hall–Kier alpha value is -5.45. The van der Waals surface area contributed by atoms with Crippen LogP contribution in [0.4, 0.5) is 0 Å². The monoisotopic (exact) mass is 619 g/mol. The van der Waals surface area contributed by atoms with Crippen LogP contribution in [0, 0.1) is 0 Å². The third-order valence-electron chi connectivity index (χ3n) is 10.2. The molecule has 0 radical (unpaired) electrons. The van der Waals surface area contributed by atoms with Crippen LogP contribution in [0.2, 0.25) is 0 Å². The summed E-state index contributed by atoms with van der Waals surface area (Å²) in [5.74, 6) is 2.08. The van der Waals surface area contributed by atoms with Gasteiger partial charge in [-0.25, -0.2) is 15.0 Å². The second kappa shape index (κ2) is 9.78. The molecule has 8 aromatic rings. The molecule has 2 aliphatic carbocycles. The summed E-state index contributed by atoms with van der Waals surface area (Å²) < 4.78 is 2.60. The molecule has 1 unspecified atom stereocenters. The Morgan fingerprint density at radius 2 is 1.19 bits per heavy atom. The van der Waals surface area contributed by atoms with E-state index in [0.717, 1.165) is 17.0 Å². The molecule has 0 aliphatic heterocycles. The van der Waals surface area contributed by atoms with Crippen LogP contribution in [0.25, 0.3) is 65.2 Å². The number of hydrogen-bond acceptors (Lipinski definition) is 4. The van der Waals surface area contributed by atoms with E-state index < -0.39 is 0 Å². The SMILES string of the molecule is CC1(C)c2ccccc2-c2ccc(-c3nc(-c4ccccc4)nc(C4c5ccccc5-c5cc6c(cc54)sc4ccccc46)n3)cc21. The van der Waals surface area contributed by atoms with Crippen LogP contribution in [-0.4, -0.2) is 15.0 Å². The summed E-state index contributed by atoms with van der Waals surface area (Å²) in [7, 11) is 0. The van der Waals surface area contributed by atoms with Crippen molar-refractivity contribution in [2.24, 2.45) is 0 Å². The highest BCUT2D eigenvalue weighted by Gasteiger charge is 2.36. The Morgan fingerprint density at radius 1 is 0.489 bits per heavy atom. The molecule has 0 bridgehead atoms. The van der Waals surface area contributed by atoms with Crippen molar-refractivity contribution in [1.29, 1.82) is 0 Å². The smallest absolute Gasteiger partial charge is 0.163 e. The molecule has 47 heavy (non-hydrogen) atoms. The van der Waals surface area contributed by atoms with Gasteiger partial charge in [0.2, 0.25) is 0 Å². The first-order chi connectivity index (χ1) is 23.0. The van der Waals surface area contributed by atoms with Crippen LogP contribution >= 0.6 is 11.3 Å². The van der Waals surface area contributed by atoms with Gasteiger partial charge in [0.05, 0.1) is 5.92 Å². The molecule has 2 aromatic heterocycles. The van der Waals surface area contributed by atoms with Crippen molar-refractivity contribution in [2.75, 3.05) is 0 Å². The van der Waals surface area contributed by atoms with Crippen LogP contribution in [0.3, 0.4) is 0 Å². The van der Waals surface area contributed by atoms with Crippen LogP contribution in [0.5, 0.6) is 0 Å². The maximum atomic E-state index is 5.34. The molecule has 1 atom stereocenters. The number of hydrogen-bond donors (Lipinski definition) is 0. The summed E-state index contributed by atoms with van der Waals surface area (Å²) in [6.07, 6.45) is 0. The maximum Gasteiger partial charge on any atom is 0.163 e. The molecule has 4 heteroatoms. The van der Waals surface area contributed by atoms with Gasteiger partial charge in [-0.1, -0.05) is 123 Å². The highest BCUT2D eigenvalue weighted by molar-refractivity contribution is 7.25. The molecular formula is C43H29N3S. The summed E-state index contributed by atoms with van der Waals surface area (Å²) in [4.78, 5) is 15.7. The molecule has 0 saturated heterocycles. The van der Waals surface area contributed by atoms with Crippen molar-refractivity contribution in [2.45, 2.75) is 25.2 Å². The Balaban J connectivity index is 1.20. The predicted octanol–water partition coefficient (Wildman–Crippen LogP) is 11.0. The summed E-state index contributed by atoms with van der Waals surface area (Å²) >= 11 is 1.86. The van der Waals surface area contributed by atoms with Crippen LogP contribution in [0.15, 0.2) is 133 Å². The van der Waals surface area contributed by atoms with Crippen molar-refractivity contribution >= 4 is 31.5 Å². The van der Waals surface area contributed by atoms with Crippen molar-refractivity contribution in [1.82, 2.24) is 15.0 Å². The van der Waals surface area contributed by atoms with E-state index in [4.69, 9.17) is 15.0 Å². The lowest BCUT2D eigenvalue weighted by Crippen LogP contribution is -2.15. The third kappa shape index (κ3) is 3.88. The van der Waals surface area contributed by atoms with Crippen LogP contribution < -0.4 is 0 Å². The highest BCUT2D eigenvalue weighted by atomic mass is 32.1. The number of aromatic nitrogens is 3. The summed E-state index contributed by atoms with van der Waals surface area (Å²) in [6.45, 7) is 4.63. The number of thiophene rings is 1. The Kier molecular flexibility index (Phi) is 5.56. The first-order valence-electron chi connectivity index (χ1n) is 16.2. The van der Waals surface area contributed by atoms with Crippen molar-refractivity contribution in [3.05, 3.63) is 162 Å². The highest BCUT2D eigenvalue weighted by Crippen LogP contribution is 2.52. The van der Waals surface area contributed by atoms with Gasteiger partial charge in [-0.15, -0.1) is 11.3 Å². The number of fused-ring (bicyclic) bond motifs is 9. The van der Waals surface area contributed by atoms with E-state index in [-0.39, 0.29) is 11.3 Å². The minimum absolute atomic E-state index is 0.102. The molecule has 222 valence electrons. The van der Waals surface area contributed by atoms with Gasteiger partial charge in [-0.2, -0.15) is 0 Å². The number of nitrogens with zero attached hydrogens (tertiary/aromatic N) is 3. The van der Waals surface area contributed by atoms with Crippen molar-refractivity contribution in [3.8, 4) is 45.0 Å². The minimum atomic E-state index is -0.112. The van der Waals surface area contributed by atoms with Gasteiger partial charge >= 0.3 is 0 Å². The first kappa shape index (κ1) is 26.7. The van der Waals surface area contributed by atoms with Gasteiger partial charge in [-0.05, 0) is 68.8 Å². The molecule has 0 N–H and O–H groups in total. The van der Waals surface area contributed by atoms with E-state index in [0.29, 0.717) is 11.6 Å². The minimum Gasteiger partial charge on any atom is -0.212 e. The molecule has 0 fully saturated rings. The zero-order valence-corrected chi connectivity index (χ0v) is 26.8. The van der Waals surface area contributed by atoms with E-state index in [1.807, 2.05) is 29.5 Å². The van der Waals surface area contributed by atoms with Crippen molar-refractivity contribution in [3.63, 3.8) is 0 Å². The van der Waals surface area contributed by atoms with E-state index in [1.54, 1.807) is 0 Å². The lowest BCUT2D eigenvalue weighted by molar-refractivity contribution is 0.660. The Bertz CT molecular complexity index is 2560. The average molecular weight is 620 g/mol. The summed E-state index contributed by atoms with van der Waals surface area (Å²) in [6, 6.07) is 48.1. The predicted molar refractivity (Wildman–Crippen MR) is 194 cm³/mol. The summed E-state index contributed by atoms with van der Waals surface area (Å²) in [5, 5.41) is 2.62. The number of rotatable bonds is 3. The fourth-order valence-electron chi connectivity index (χ4n) is 7.91. The maximum absolute atomic E-state index is 5.34. The van der Waals surface area contributed by atoms with Gasteiger partial charge in [0, 0.05) is 36.7 Å². The fourth-order valence-corrected chi connectivity index (χ4v) is 9.05. The molecule has 0 saturated carbocycles. The van der Waals surface area contributed by atoms with E-state index >= 15 is 0 Å². The average Bonchev–Trinajstić information content (AvgIpc) is 3.72. The third-order valence-corrected chi connectivity index (χ3v) is 11.3. The zero-order valence-electron chi connectivity index (χ0n) is 26.0. The normalized spacial score (nSPS) is 15.4. The zero-order chi connectivity index (χ0) is 31.3. The lowest BCUT2D eigenvalue weighted by Gasteiger charge is -2.22. The quantitative estimate of drug-likeness (QED) is 0.197. The summed E-state index contributed by atoms with van der Waals surface area (Å²) in [5.41, 5.74) is 12.2. The van der Waals surface area contributed by atoms with Crippen molar-refractivity contribution < 1.29 is 0 Å². The largest absolute Gasteiger partial charge is 0.212 e. The molecular weight excluding hydrogens is 591 g/mol. The van der Waals surface area contributed by atoms with Gasteiger partial charge < -0.3 is 0 Å². The first-order valence-corrected chi connectivity index (χ1v) is 17.0. The van der Waals surface area contributed by atoms with Gasteiger partial charge in [0.1, 0.15) is 5.82 Å². The lowest BCUT2D eigenvalue weighted by atomic mass is 9.82. The second-order valence-electron chi connectivity index (χ2n) is 13.2.